The molecule has 0 aliphatic heterocycles. The van der Waals surface area contributed by atoms with Gasteiger partial charge in [0.2, 0.25) is 0 Å². The zero-order chi connectivity index (χ0) is 14.7. The predicted octanol–water partition coefficient (Wildman–Crippen LogP) is 3.15. The zero-order valence-corrected chi connectivity index (χ0v) is 11.9. The highest BCUT2D eigenvalue weighted by Crippen LogP contribution is 2.21. The first-order valence-corrected chi connectivity index (χ1v) is 6.33. The molecule has 4 nitrogen and oxygen atoms in total. The van der Waals surface area contributed by atoms with Crippen LogP contribution in [0.4, 0.5) is 11.4 Å². The molecular weight excluding hydrogens is 252 g/mol. The molecule has 0 atom stereocenters. The Morgan fingerprint density at radius 1 is 1.15 bits per heavy atom. The van der Waals surface area contributed by atoms with Gasteiger partial charge in [0, 0.05) is 23.0 Å². The van der Waals surface area contributed by atoms with Crippen LogP contribution in [0.15, 0.2) is 36.4 Å². The number of hydrogen-bond acceptors (Lipinski definition) is 3. The number of hydrogen-bond donors (Lipinski definition) is 2. The Morgan fingerprint density at radius 2 is 1.90 bits per heavy atom. The van der Waals surface area contributed by atoms with E-state index >= 15 is 0 Å². The Bertz CT molecular complexity index is 651. The number of aryl methyl sites for hydroxylation is 2. The lowest BCUT2D eigenvalue weighted by atomic mass is 10.1. The highest BCUT2D eigenvalue weighted by Gasteiger charge is 2.10. The number of nitrogen functional groups attached to an aromatic ring is 1. The fourth-order valence-electron chi connectivity index (χ4n) is 1.94. The third-order valence-corrected chi connectivity index (χ3v) is 3.07. The third-order valence-electron chi connectivity index (χ3n) is 3.07. The molecule has 1 amide bonds. The van der Waals surface area contributed by atoms with Gasteiger partial charge in [-0.05, 0) is 43.2 Å². The van der Waals surface area contributed by atoms with E-state index in [9.17, 15) is 4.79 Å². The Kier molecular flexibility index (Phi) is 3.94. The number of methoxy groups -OCH3 is 1. The first kappa shape index (κ1) is 13.9. The summed E-state index contributed by atoms with van der Waals surface area (Å²) >= 11 is 0. The van der Waals surface area contributed by atoms with Crippen molar-refractivity contribution in [1.82, 2.24) is 0 Å². The fourth-order valence-corrected chi connectivity index (χ4v) is 1.94. The Hall–Kier alpha value is -2.49. The SMILES string of the molecule is COc1cc(N)cc(C(=O)Nc2cc(C)ccc2C)c1. The number of carbonyl (C=O) groups is 1. The van der Waals surface area contributed by atoms with Crippen molar-refractivity contribution in [3.05, 3.63) is 53.1 Å². The van der Waals surface area contributed by atoms with E-state index in [-0.39, 0.29) is 5.91 Å². The van der Waals surface area contributed by atoms with Crippen LogP contribution in [-0.4, -0.2) is 13.0 Å². The van der Waals surface area contributed by atoms with Crippen LogP contribution >= 0.6 is 0 Å². The predicted molar refractivity (Wildman–Crippen MR) is 81.3 cm³/mol. The molecule has 2 aromatic rings. The van der Waals surface area contributed by atoms with Gasteiger partial charge in [0.25, 0.3) is 5.91 Å². The van der Waals surface area contributed by atoms with Crippen molar-refractivity contribution in [2.75, 3.05) is 18.2 Å². The number of benzene rings is 2. The maximum absolute atomic E-state index is 12.3. The van der Waals surface area contributed by atoms with E-state index in [1.54, 1.807) is 25.3 Å². The van der Waals surface area contributed by atoms with Crippen LogP contribution < -0.4 is 15.8 Å². The van der Waals surface area contributed by atoms with Crippen LogP contribution in [0.1, 0.15) is 21.5 Å². The molecule has 0 aliphatic carbocycles. The number of amides is 1. The topological polar surface area (TPSA) is 64.3 Å². The second-order valence-electron chi connectivity index (χ2n) is 4.77. The smallest absolute Gasteiger partial charge is 0.255 e. The van der Waals surface area contributed by atoms with Crippen LogP contribution in [0.2, 0.25) is 0 Å². The molecule has 0 spiro atoms. The average molecular weight is 270 g/mol. The van der Waals surface area contributed by atoms with E-state index < -0.39 is 0 Å². The number of nitrogens with one attached hydrogen (secondary N) is 1. The molecule has 2 aromatic carbocycles. The van der Waals surface area contributed by atoms with Crippen molar-refractivity contribution in [1.29, 1.82) is 0 Å². The van der Waals surface area contributed by atoms with Crippen molar-refractivity contribution in [2.45, 2.75) is 13.8 Å². The second-order valence-corrected chi connectivity index (χ2v) is 4.77. The first-order valence-electron chi connectivity index (χ1n) is 6.33. The Balaban J connectivity index is 2.28. The summed E-state index contributed by atoms with van der Waals surface area (Å²) in [7, 11) is 1.54. The summed E-state index contributed by atoms with van der Waals surface area (Å²) in [5.41, 5.74) is 9.64. The number of anilines is 2. The van der Waals surface area contributed by atoms with E-state index in [0.717, 1.165) is 16.8 Å². The van der Waals surface area contributed by atoms with Crippen LogP contribution in [0.3, 0.4) is 0 Å². The summed E-state index contributed by atoms with van der Waals surface area (Å²) in [6.45, 7) is 3.94. The van der Waals surface area contributed by atoms with Gasteiger partial charge in [0.05, 0.1) is 7.11 Å². The normalized spacial score (nSPS) is 10.2. The van der Waals surface area contributed by atoms with Crippen molar-refractivity contribution in [2.24, 2.45) is 0 Å². The fraction of sp³-hybridized carbons (Fsp3) is 0.188. The standard InChI is InChI=1S/C16H18N2O2/c1-10-4-5-11(2)15(6-10)18-16(19)12-7-13(17)9-14(8-12)20-3/h4-9H,17H2,1-3H3,(H,18,19). The van der Waals surface area contributed by atoms with Crippen LogP contribution in [0, 0.1) is 13.8 Å². The molecule has 3 N–H and O–H groups in total. The van der Waals surface area contributed by atoms with Crippen molar-refractivity contribution in [3.63, 3.8) is 0 Å². The van der Waals surface area contributed by atoms with Gasteiger partial charge in [0.1, 0.15) is 5.75 Å². The molecule has 0 bridgehead atoms. The third kappa shape index (κ3) is 3.09. The lowest BCUT2D eigenvalue weighted by molar-refractivity contribution is 0.102. The average Bonchev–Trinajstić information content (AvgIpc) is 2.42. The van der Waals surface area contributed by atoms with E-state index in [4.69, 9.17) is 10.5 Å². The summed E-state index contributed by atoms with van der Waals surface area (Å²) in [5, 5.41) is 2.90. The molecule has 0 aromatic heterocycles. The zero-order valence-electron chi connectivity index (χ0n) is 11.9. The molecule has 0 fully saturated rings. The summed E-state index contributed by atoms with van der Waals surface area (Å²) in [4.78, 5) is 12.3. The van der Waals surface area contributed by atoms with E-state index in [1.165, 1.54) is 0 Å². The van der Waals surface area contributed by atoms with Gasteiger partial charge in [-0.1, -0.05) is 12.1 Å². The highest BCUT2D eigenvalue weighted by atomic mass is 16.5. The lowest BCUT2D eigenvalue weighted by Crippen LogP contribution is -2.13. The highest BCUT2D eigenvalue weighted by molar-refractivity contribution is 6.05. The molecule has 104 valence electrons. The van der Waals surface area contributed by atoms with Gasteiger partial charge in [-0.15, -0.1) is 0 Å². The molecule has 0 unspecified atom stereocenters. The molecule has 0 saturated heterocycles. The van der Waals surface area contributed by atoms with Crippen LogP contribution in [0.5, 0.6) is 5.75 Å². The quantitative estimate of drug-likeness (QED) is 0.842. The molecule has 20 heavy (non-hydrogen) atoms. The Labute approximate surface area is 118 Å². The molecule has 0 radical (unpaired) electrons. The molecular formula is C16H18N2O2. The number of carbonyl (C=O) groups excluding carboxylic acids is 1. The monoisotopic (exact) mass is 270 g/mol. The van der Waals surface area contributed by atoms with Crippen LogP contribution in [-0.2, 0) is 0 Å². The van der Waals surface area contributed by atoms with Crippen molar-refractivity contribution < 1.29 is 9.53 Å². The van der Waals surface area contributed by atoms with Crippen molar-refractivity contribution in [3.8, 4) is 5.75 Å². The van der Waals surface area contributed by atoms with E-state index in [1.807, 2.05) is 32.0 Å². The second kappa shape index (κ2) is 5.65. The summed E-state index contributed by atoms with van der Waals surface area (Å²) in [6.07, 6.45) is 0. The Morgan fingerprint density at radius 3 is 2.60 bits per heavy atom. The van der Waals surface area contributed by atoms with Gasteiger partial charge >= 0.3 is 0 Å². The van der Waals surface area contributed by atoms with Gasteiger partial charge in [-0.25, -0.2) is 0 Å². The number of nitrogens with two attached hydrogens (primary N) is 1. The van der Waals surface area contributed by atoms with E-state index in [0.29, 0.717) is 17.0 Å². The van der Waals surface area contributed by atoms with Crippen LogP contribution in [0.25, 0.3) is 0 Å². The van der Waals surface area contributed by atoms with E-state index in [2.05, 4.69) is 5.32 Å². The van der Waals surface area contributed by atoms with Gasteiger partial charge in [-0.3, -0.25) is 4.79 Å². The molecule has 4 heteroatoms. The maximum Gasteiger partial charge on any atom is 0.255 e. The molecule has 0 heterocycles. The van der Waals surface area contributed by atoms with Crippen molar-refractivity contribution >= 4 is 17.3 Å². The lowest BCUT2D eigenvalue weighted by Gasteiger charge is -2.11. The largest absolute Gasteiger partial charge is 0.497 e. The van der Waals surface area contributed by atoms with Gasteiger partial charge < -0.3 is 15.8 Å². The minimum atomic E-state index is -0.204. The minimum absolute atomic E-state index is 0.204. The maximum atomic E-state index is 12.3. The number of rotatable bonds is 3. The summed E-state index contributed by atoms with van der Waals surface area (Å²) < 4.78 is 5.12. The number of ether oxygens (including phenoxy) is 1. The molecule has 0 aliphatic rings. The first-order chi connectivity index (χ1) is 9.49. The molecule has 0 saturated carbocycles. The van der Waals surface area contributed by atoms with Gasteiger partial charge in [0.15, 0.2) is 0 Å². The molecule has 2 rings (SSSR count). The van der Waals surface area contributed by atoms with Gasteiger partial charge in [-0.2, -0.15) is 0 Å². The minimum Gasteiger partial charge on any atom is -0.497 e. The summed E-state index contributed by atoms with van der Waals surface area (Å²) in [6, 6.07) is 10.9. The summed E-state index contributed by atoms with van der Waals surface area (Å²) in [5.74, 6) is 0.361.